The number of hydrogen-bond donors (Lipinski definition) is 0. The van der Waals surface area contributed by atoms with Crippen molar-refractivity contribution in [1.29, 1.82) is 0 Å². The van der Waals surface area contributed by atoms with Crippen LogP contribution in [0.1, 0.15) is 20.3 Å². The van der Waals surface area contributed by atoms with Gasteiger partial charge in [0, 0.05) is 12.6 Å². The zero-order valence-electron chi connectivity index (χ0n) is 12.3. The molecule has 3 rings (SSSR count). The lowest BCUT2D eigenvalue weighted by molar-refractivity contribution is 0.320. The molecular formula is C17H18N2O2. The summed E-state index contributed by atoms with van der Waals surface area (Å²) in [5.41, 5.74) is 3.52. The summed E-state index contributed by atoms with van der Waals surface area (Å²) in [7, 11) is 0. The second-order valence-corrected chi connectivity index (χ2v) is 4.98. The summed E-state index contributed by atoms with van der Waals surface area (Å²) in [5, 5.41) is 0. The van der Waals surface area contributed by atoms with Crippen molar-refractivity contribution in [1.82, 2.24) is 9.55 Å². The van der Waals surface area contributed by atoms with E-state index in [1.54, 1.807) is 18.2 Å². The summed E-state index contributed by atoms with van der Waals surface area (Å²) in [6, 6.07) is 10.9. The van der Waals surface area contributed by atoms with Crippen LogP contribution in [0.5, 0.6) is 5.75 Å². The highest BCUT2D eigenvalue weighted by atomic mass is 16.5. The van der Waals surface area contributed by atoms with E-state index in [1.807, 2.05) is 18.2 Å². The molecule has 0 bridgehead atoms. The first-order chi connectivity index (χ1) is 10.2. The number of rotatable bonds is 4. The van der Waals surface area contributed by atoms with Gasteiger partial charge in [0.15, 0.2) is 5.43 Å². The van der Waals surface area contributed by atoms with Gasteiger partial charge in [0.05, 0.1) is 23.5 Å². The van der Waals surface area contributed by atoms with E-state index in [9.17, 15) is 4.79 Å². The molecule has 0 aromatic heterocycles. The van der Waals surface area contributed by atoms with E-state index in [1.165, 1.54) is 0 Å². The van der Waals surface area contributed by atoms with Gasteiger partial charge in [-0.3, -0.25) is 4.79 Å². The fraction of sp³-hybridized carbons (Fsp3) is 0.294. The fourth-order valence-electron chi connectivity index (χ4n) is 2.57. The Hall–Kier alpha value is -2.36. The number of aromatic nitrogens is 2. The zero-order chi connectivity index (χ0) is 14.8. The molecule has 2 aliphatic rings. The molecule has 21 heavy (non-hydrogen) atoms. The van der Waals surface area contributed by atoms with Crippen LogP contribution in [0.3, 0.4) is 0 Å². The Balaban J connectivity index is 2.34. The fourth-order valence-corrected chi connectivity index (χ4v) is 2.57. The molecule has 0 radical (unpaired) electrons. The van der Waals surface area contributed by atoms with Gasteiger partial charge in [-0.1, -0.05) is 13.0 Å². The summed E-state index contributed by atoms with van der Waals surface area (Å²) in [6.45, 7) is 5.59. The predicted molar refractivity (Wildman–Crippen MR) is 84.1 cm³/mol. The lowest BCUT2D eigenvalue weighted by Gasteiger charge is -2.18. The Labute approximate surface area is 123 Å². The third kappa shape index (κ3) is 2.37. The molecule has 0 unspecified atom stereocenters. The molecule has 1 aromatic rings. The highest BCUT2D eigenvalue weighted by molar-refractivity contribution is 5.85. The molecule has 108 valence electrons. The van der Waals surface area contributed by atoms with Crippen LogP contribution < -0.4 is 10.2 Å². The lowest BCUT2D eigenvalue weighted by atomic mass is 10.1. The highest BCUT2D eigenvalue weighted by Gasteiger charge is 2.14. The standard InChI is InChI=1S/C17H18N2O2/c1-3-10-21-16-7-5-6-14-17(16)18-13-9-8-12(20)11-15(13)19(14)4-2/h5-9,11H,3-4,10H2,1-2H3. The molecule has 0 saturated carbocycles. The van der Waals surface area contributed by atoms with Gasteiger partial charge in [0.2, 0.25) is 0 Å². The smallest absolute Gasteiger partial charge is 0.180 e. The van der Waals surface area contributed by atoms with Crippen molar-refractivity contribution in [2.75, 3.05) is 6.61 Å². The number of aryl methyl sites for hydroxylation is 1. The molecule has 1 heterocycles. The van der Waals surface area contributed by atoms with Crippen LogP contribution in [0, 0.1) is 0 Å². The van der Waals surface area contributed by atoms with Crippen LogP contribution in [0.4, 0.5) is 0 Å². The molecule has 4 heteroatoms. The van der Waals surface area contributed by atoms with Crippen LogP contribution in [-0.2, 0) is 6.54 Å². The van der Waals surface area contributed by atoms with Crippen molar-refractivity contribution >= 4 is 11.0 Å². The minimum Gasteiger partial charge on any atom is -0.491 e. The summed E-state index contributed by atoms with van der Waals surface area (Å²) in [4.78, 5) is 16.3. The minimum atomic E-state index is 0.00392. The largest absolute Gasteiger partial charge is 0.491 e. The second kappa shape index (κ2) is 5.56. The molecule has 0 saturated heterocycles. The SMILES string of the molecule is CCCOc1cccc2c1nc1ccc(=O)cc-1n2CC. The monoisotopic (exact) mass is 282 g/mol. The van der Waals surface area contributed by atoms with Gasteiger partial charge in [0.1, 0.15) is 11.3 Å². The molecule has 0 N–H and O–H groups in total. The van der Waals surface area contributed by atoms with E-state index in [-0.39, 0.29) is 5.43 Å². The van der Waals surface area contributed by atoms with Gasteiger partial charge < -0.3 is 9.30 Å². The van der Waals surface area contributed by atoms with Crippen LogP contribution in [0.25, 0.3) is 22.4 Å². The van der Waals surface area contributed by atoms with E-state index < -0.39 is 0 Å². The van der Waals surface area contributed by atoms with Gasteiger partial charge in [-0.2, -0.15) is 0 Å². The van der Waals surface area contributed by atoms with Gasteiger partial charge >= 0.3 is 0 Å². The van der Waals surface area contributed by atoms with Gasteiger partial charge in [-0.05, 0) is 37.6 Å². The van der Waals surface area contributed by atoms with Crippen molar-refractivity contribution in [2.45, 2.75) is 26.8 Å². The van der Waals surface area contributed by atoms with E-state index >= 15 is 0 Å². The molecule has 0 spiro atoms. The third-order valence-electron chi connectivity index (χ3n) is 3.52. The molecule has 0 amide bonds. The second-order valence-electron chi connectivity index (χ2n) is 4.98. The Morgan fingerprint density at radius 2 is 2.05 bits per heavy atom. The Morgan fingerprint density at radius 3 is 2.81 bits per heavy atom. The highest BCUT2D eigenvalue weighted by Crippen LogP contribution is 2.29. The normalized spacial score (nSPS) is 11.1. The van der Waals surface area contributed by atoms with E-state index in [0.717, 1.165) is 41.1 Å². The number of ether oxygens (including phenoxy) is 1. The molecule has 1 aliphatic carbocycles. The van der Waals surface area contributed by atoms with Crippen molar-refractivity contribution in [2.24, 2.45) is 0 Å². The Kier molecular flexibility index (Phi) is 3.60. The molecule has 1 aliphatic heterocycles. The number of fused-ring (bicyclic) bond motifs is 2. The quantitative estimate of drug-likeness (QED) is 0.690. The van der Waals surface area contributed by atoms with E-state index in [0.29, 0.717) is 6.61 Å². The van der Waals surface area contributed by atoms with Crippen molar-refractivity contribution in [3.63, 3.8) is 0 Å². The Morgan fingerprint density at radius 1 is 1.19 bits per heavy atom. The van der Waals surface area contributed by atoms with Crippen LogP contribution in [-0.4, -0.2) is 16.2 Å². The van der Waals surface area contributed by atoms with Crippen LogP contribution >= 0.6 is 0 Å². The zero-order valence-corrected chi connectivity index (χ0v) is 12.3. The molecule has 0 atom stereocenters. The maximum absolute atomic E-state index is 11.6. The van der Waals surface area contributed by atoms with Gasteiger partial charge in [0.25, 0.3) is 0 Å². The number of hydrogen-bond acceptors (Lipinski definition) is 3. The first kappa shape index (κ1) is 13.6. The predicted octanol–water partition coefficient (Wildman–Crippen LogP) is 3.31. The summed E-state index contributed by atoms with van der Waals surface area (Å²) in [6.07, 6.45) is 0.956. The summed E-state index contributed by atoms with van der Waals surface area (Å²) >= 11 is 0. The van der Waals surface area contributed by atoms with Gasteiger partial charge in [-0.25, -0.2) is 4.98 Å². The maximum atomic E-state index is 11.6. The number of benzene rings is 2. The molecule has 0 fully saturated rings. The van der Waals surface area contributed by atoms with E-state index in [4.69, 9.17) is 9.72 Å². The van der Waals surface area contributed by atoms with Crippen LogP contribution in [0.2, 0.25) is 0 Å². The first-order valence-corrected chi connectivity index (χ1v) is 7.30. The summed E-state index contributed by atoms with van der Waals surface area (Å²) < 4.78 is 7.91. The average molecular weight is 282 g/mol. The molecule has 4 nitrogen and oxygen atoms in total. The van der Waals surface area contributed by atoms with Crippen molar-refractivity contribution in [3.8, 4) is 17.1 Å². The number of para-hydroxylation sites is 1. The van der Waals surface area contributed by atoms with Crippen molar-refractivity contribution < 1.29 is 4.74 Å². The minimum absolute atomic E-state index is 0.00392. The third-order valence-corrected chi connectivity index (χ3v) is 3.52. The summed E-state index contributed by atoms with van der Waals surface area (Å²) in [5.74, 6) is 0.796. The Bertz CT molecular complexity index is 808. The number of nitrogens with zero attached hydrogens (tertiary/aromatic N) is 2. The molecular weight excluding hydrogens is 264 g/mol. The van der Waals surface area contributed by atoms with E-state index in [2.05, 4.69) is 18.4 Å². The maximum Gasteiger partial charge on any atom is 0.180 e. The molecule has 1 aromatic carbocycles. The topological polar surface area (TPSA) is 44.1 Å². The van der Waals surface area contributed by atoms with Crippen molar-refractivity contribution in [3.05, 3.63) is 46.6 Å². The lowest BCUT2D eigenvalue weighted by Crippen LogP contribution is -2.10. The average Bonchev–Trinajstić information content (AvgIpc) is 2.50. The van der Waals surface area contributed by atoms with Crippen LogP contribution in [0.15, 0.2) is 41.2 Å². The van der Waals surface area contributed by atoms with Gasteiger partial charge in [-0.15, -0.1) is 0 Å². The first-order valence-electron chi connectivity index (χ1n) is 7.30.